The zero-order valence-corrected chi connectivity index (χ0v) is 11.5. The summed E-state index contributed by atoms with van der Waals surface area (Å²) in [6.45, 7) is 6.12. The zero-order valence-electron chi connectivity index (χ0n) is 11.5. The van der Waals surface area contributed by atoms with Gasteiger partial charge < -0.3 is 15.3 Å². The second-order valence-electron chi connectivity index (χ2n) is 5.17. The first kappa shape index (κ1) is 14.8. The molecule has 104 valence electrons. The van der Waals surface area contributed by atoms with Crippen molar-refractivity contribution in [2.75, 3.05) is 6.54 Å². The van der Waals surface area contributed by atoms with E-state index in [0.717, 1.165) is 19.3 Å². The van der Waals surface area contributed by atoms with Crippen molar-refractivity contribution in [1.82, 2.24) is 10.2 Å². The van der Waals surface area contributed by atoms with Gasteiger partial charge in [0.05, 0.1) is 5.92 Å². The summed E-state index contributed by atoms with van der Waals surface area (Å²) >= 11 is 0. The summed E-state index contributed by atoms with van der Waals surface area (Å²) in [5.74, 6) is -1.35. The smallest absolute Gasteiger partial charge is 0.317 e. The van der Waals surface area contributed by atoms with Crippen LogP contribution < -0.4 is 5.32 Å². The van der Waals surface area contributed by atoms with Gasteiger partial charge >= 0.3 is 12.0 Å². The number of hydrogen-bond donors (Lipinski definition) is 2. The number of piperidine rings is 1. The van der Waals surface area contributed by atoms with Crippen LogP contribution in [0.4, 0.5) is 4.79 Å². The van der Waals surface area contributed by atoms with E-state index in [1.165, 1.54) is 0 Å². The molecule has 1 fully saturated rings. The summed E-state index contributed by atoms with van der Waals surface area (Å²) in [5, 5.41) is 11.7. The highest BCUT2D eigenvalue weighted by molar-refractivity contribution is 5.76. The number of likely N-dealkylation sites (tertiary alicyclic amines) is 1. The van der Waals surface area contributed by atoms with Gasteiger partial charge in [-0.1, -0.05) is 6.92 Å². The highest BCUT2D eigenvalue weighted by atomic mass is 16.4. The Morgan fingerprint density at radius 2 is 1.89 bits per heavy atom. The SMILES string of the molecule is CCC(CNC(=O)N1[C@H](C)CCC[C@@H]1C)C(=O)O. The molecule has 0 radical (unpaired) electrons. The second-order valence-corrected chi connectivity index (χ2v) is 5.17. The van der Waals surface area contributed by atoms with Crippen LogP contribution in [0.1, 0.15) is 46.5 Å². The Labute approximate surface area is 109 Å². The summed E-state index contributed by atoms with van der Waals surface area (Å²) in [6, 6.07) is 0.340. The molecule has 1 unspecified atom stereocenters. The van der Waals surface area contributed by atoms with Gasteiger partial charge in [-0.3, -0.25) is 4.79 Å². The fourth-order valence-electron chi connectivity index (χ4n) is 2.53. The number of rotatable bonds is 4. The third kappa shape index (κ3) is 3.62. The number of nitrogens with one attached hydrogen (secondary N) is 1. The molecule has 5 heteroatoms. The van der Waals surface area contributed by atoms with Crippen LogP contribution in [-0.2, 0) is 4.79 Å². The molecule has 1 aliphatic heterocycles. The number of urea groups is 1. The molecule has 1 saturated heterocycles. The Morgan fingerprint density at radius 1 is 1.33 bits per heavy atom. The summed E-state index contributed by atoms with van der Waals surface area (Å²) in [7, 11) is 0. The monoisotopic (exact) mass is 256 g/mol. The first-order chi connectivity index (χ1) is 8.47. The predicted octanol–water partition coefficient (Wildman–Crippen LogP) is 2.07. The van der Waals surface area contributed by atoms with E-state index in [-0.39, 0.29) is 24.7 Å². The van der Waals surface area contributed by atoms with Gasteiger partial charge in [-0.2, -0.15) is 0 Å². The van der Waals surface area contributed by atoms with Gasteiger partial charge in [-0.05, 0) is 39.5 Å². The van der Waals surface area contributed by atoms with Crippen LogP contribution >= 0.6 is 0 Å². The summed E-state index contributed by atoms with van der Waals surface area (Å²) in [4.78, 5) is 24.8. The maximum atomic E-state index is 12.1. The lowest BCUT2D eigenvalue weighted by atomic mass is 9.98. The lowest BCUT2D eigenvalue weighted by molar-refractivity contribution is -0.141. The molecule has 1 heterocycles. The van der Waals surface area contributed by atoms with Crippen molar-refractivity contribution in [3.05, 3.63) is 0 Å². The minimum absolute atomic E-state index is 0.130. The van der Waals surface area contributed by atoms with Crippen LogP contribution in [-0.4, -0.2) is 40.6 Å². The van der Waals surface area contributed by atoms with E-state index < -0.39 is 11.9 Å². The highest BCUT2D eigenvalue weighted by Gasteiger charge is 2.29. The topological polar surface area (TPSA) is 69.6 Å². The van der Waals surface area contributed by atoms with Crippen molar-refractivity contribution in [1.29, 1.82) is 0 Å². The van der Waals surface area contributed by atoms with E-state index in [1.807, 2.05) is 25.7 Å². The molecule has 0 aromatic carbocycles. The van der Waals surface area contributed by atoms with Gasteiger partial charge in [0.15, 0.2) is 0 Å². The molecule has 2 N–H and O–H groups in total. The fourth-order valence-corrected chi connectivity index (χ4v) is 2.53. The van der Waals surface area contributed by atoms with Gasteiger partial charge in [-0.25, -0.2) is 4.79 Å². The van der Waals surface area contributed by atoms with E-state index in [1.54, 1.807) is 0 Å². The van der Waals surface area contributed by atoms with Gasteiger partial charge in [-0.15, -0.1) is 0 Å². The molecular weight excluding hydrogens is 232 g/mol. The van der Waals surface area contributed by atoms with Crippen molar-refractivity contribution in [3.8, 4) is 0 Å². The first-order valence-electron chi connectivity index (χ1n) is 6.76. The first-order valence-corrected chi connectivity index (χ1v) is 6.76. The molecule has 18 heavy (non-hydrogen) atoms. The number of carboxylic acids is 1. The van der Waals surface area contributed by atoms with Crippen molar-refractivity contribution >= 4 is 12.0 Å². The lowest BCUT2D eigenvalue weighted by Crippen LogP contribution is -2.52. The summed E-state index contributed by atoms with van der Waals surface area (Å²) in [5.41, 5.74) is 0. The van der Waals surface area contributed by atoms with Gasteiger partial charge in [0.2, 0.25) is 0 Å². The van der Waals surface area contributed by atoms with E-state index in [9.17, 15) is 9.59 Å². The third-order valence-corrected chi connectivity index (χ3v) is 3.77. The number of amides is 2. The number of hydrogen-bond acceptors (Lipinski definition) is 2. The van der Waals surface area contributed by atoms with Crippen molar-refractivity contribution in [3.63, 3.8) is 0 Å². The molecule has 3 atom stereocenters. The van der Waals surface area contributed by atoms with Crippen molar-refractivity contribution in [2.45, 2.75) is 58.5 Å². The molecule has 0 aromatic rings. The Kier molecular flexibility index (Phi) is 5.44. The van der Waals surface area contributed by atoms with Crippen molar-refractivity contribution < 1.29 is 14.7 Å². The molecule has 0 saturated carbocycles. The maximum Gasteiger partial charge on any atom is 0.317 e. The van der Waals surface area contributed by atoms with E-state index in [4.69, 9.17) is 5.11 Å². The quantitative estimate of drug-likeness (QED) is 0.809. The molecule has 1 aliphatic rings. The minimum atomic E-state index is -0.849. The standard InChI is InChI=1S/C13H24N2O3/c1-4-11(12(16)17)8-14-13(18)15-9(2)6-5-7-10(15)3/h9-11H,4-8H2,1-3H3,(H,14,18)(H,16,17)/t9-,10+,11?. The number of nitrogens with zero attached hydrogens (tertiary/aromatic N) is 1. The largest absolute Gasteiger partial charge is 0.481 e. The fraction of sp³-hybridized carbons (Fsp3) is 0.846. The molecule has 0 spiro atoms. The van der Waals surface area contributed by atoms with Crippen LogP contribution in [0.15, 0.2) is 0 Å². The Bertz CT molecular complexity index is 297. The van der Waals surface area contributed by atoms with Crippen LogP contribution in [0, 0.1) is 5.92 Å². The molecule has 0 bridgehead atoms. The number of carbonyl (C=O) groups excluding carboxylic acids is 1. The van der Waals surface area contributed by atoms with Gasteiger partial charge in [0.25, 0.3) is 0 Å². The van der Waals surface area contributed by atoms with Gasteiger partial charge in [0.1, 0.15) is 0 Å². The number of aliphatic carboxylic acids is 1. The van der Waals surface area contributed by atoms with Crippen LogP contribution in [0.3, 0.4) is 0 Å². The number of carbonyl (C=O) groups is 2. The number of carboxylic acid groups (broad SMARTS) is 1. The molecule has 2 amide bonds. The summed E-state index contributed by atoms with van der Waals surface area (Å²) in [6.07, 6.45) is 3.72. The minimum Gasteiger partial charge on any atom is -0.481 e. The molecule has 1 rings (SSSR count). The molecular formula is C13H24N2O3. The van der Waals surface area contributed by atoms with E-state index in [2.05, 4.69) is 5.32 Å². The molecule has 0 aromatic heterocycles. The van der Waals surface area contributed by atoms with Crippen LogP contribution in [0.2, 0.25) is 0 Å². The Morgan fingerprint density at radius 3 is 2.33 bits per heavy atom. The van der Waals surface area contributed by atoms with Crippen LogP contribution in [0.5, 0.6) is 0 Å². The Hall–Kier alpha value is -1.26. The normalized spacial score (nSPS) is 25.6. The second kappa shape index (κ2) is 6.61. The summed E-state index contributed by atoms with van der Waals surface area (Å²) < 4.78 is 0. The third-order valence-electron chi connectivity index (χ3n) is 3.77. The lowest BCUT2D eigenvalue weighted by Gasteiger charge is -2.39. The van der Waals surface area contributed by atoms with Crippen molar-refractivity contribution in [2.24, 2.45) is 5.92 Å². The predicted molar refractivity (Wildman–Crippen MR) is 69.4 cm³/mol. The molecule has 5 nitrogen and oxygen atoms in total. The highest BCUT2D eigenvalue weighted by Crippen LogP contribution is 2.22. The molecule has 0 aliphatic carbocycles. The Balaban J connectivity index is 2.51. The average molecular weight is 256 g/mol. The van der Waals surface area contributed by atoms with E-state index >= 15 is 0 Å². The van der Waals surface area contributed by atoms with Gasteiger partial charge in [0, 0.05) is 18.6 Å². The zero-order chi connectivity index (χ0) is 13.7. The maximum absolute atomic E-state index is 12.1. The van der Waals surface area contributed by atoms with Crippen LogP contribution in [0.25, 0.3) is 0 Å². The van der Waals surface area contributed by atoms with E-state index in [0.29, 0.717) is 6.42 Å². The average Bonchev–Trinajstić information content (AvgIpc) is 2.29.